The number of aromatic amines is 1. The second kappa shape index (κ2) is 7.80. The van der Waals surface area contributed by atoms with Crippen LogP contribution in [0.2, 0.25) is 0 Å². The van der Waals surface area contributed by atoms with E-state index in [1.807, 2.05) is 25.8 Å². The summed E-state index contributed by atoms with van der Waals surface area (Å²) in [6.45, 7) is 5.59. The highest BCUT2D eigenvalue weighted by Crippen LogP contribution is 2.28. The van der Waals surface area contributed by atoms with Gasteiger partial charge >= 0.3 is 5.69 Å². The molecule has 1 aliphatic rings. The Morgan fingerprint density at radius 1 is 1.31 bits per heavy atom. The molecule has 0 aromatic carbocycles. The molecule has 0 saturated carbocycles. The fourth-order valence-electron chi connectivity index (χ4n) is 2.67. The standard InChI is InChI=1S/C16H25N3O7/c1-16(2,3)17-5-4-9(21)8-6-19(15(25)18-13(8)24)14-12(23)11(22)10(7-20)26-14/h6,10-12,14,17,20,22-23H,4-5,7H2,1-3H3,(H,18,24,25)/t10-,11?,12?,14-/m1/s1. The number of hydrogen-bond donors (Lipinski definition) is 5. The molecule has 1 aromatic heterocycles. The molecule has 26 heavy (non-hydrogen) atoms. The summed E-state index contributed by atoms with van der Waals surface area (Å²) in [7, 11) is 0. The number of aliphatic hydroxyl groups is 3. The fourth-order valence-corrected chi connectivity index (χ4v) is 2.67. The van der Waals surface area contributed by atoms with Gasteiger partial charge in [-0.15, -0.1) is 0 Å². The lowest BCUT2D eigenvalue weighted by Gasteiger charge is -2.20. The van der Waals surface area contributed by atoms with Crippen molar-refractivity contribution in [2.75, 3.05) is 13.2 Å². The summed E-state index contributed by atoms with van der Waals surface area (Å²) in [6.07, 6.45) is -4.26. The molecule has 1 saturated heterocycles. The zero-order valence-electron chi connectivity index (χ0n) is 14.9. The van der Waals surface area contributed by atoms with Crippen molar-refractivity contribution in [3.8, 4) is 0 Å². The molecule has 1 aliphatic heterocycles. The molecule has 0 radical (unpaired) electrons. The van der Waals surface area contributed by atoms with Gasteiger partial charge in [0.05, 0.1) is 12.2 Å². The van der Waals surface area contributed by atoms with E-state index in [0.717, 1.165) is 10.8 Å². The maximum Gasteiger partial charge on any atom is 0.330 e. The number of ketones is 1. The number of nitrogens with zero attached hydrogens (tertiary/aromatic N) is 1. The first-order valence-electron chi connectivity index (χ1n) is 8.31. The largest absolute Gasteiger partial charge is 0.394 e. The normalized spacial score (nSPS) is 26.2. The summed E-state index contributed by atoms with van der Waals surface area (Å²) in [5.41, 5.74) is -2.17. The summed E-state index contributed by atoms with van der Waals surface area (Å²) >= 11 is 0. The number of aliphatic hydroxyl groups excluding tert-OH is 3. The van der Waals surface area contributed by atoms with Crippen LogP contribution in [0, 0.1) is 0 Å². The SMILES string of the molecule is CC(C)(C)NCCC(=O)c1cn([C@@H]2O[C@H](CO)C(O)C2O)c(=O)[nH]c1=O. The van der Waals surface area contributed by atoms with Crippen LogP contribution >= 0.6 is 0 Å². The Bertz CT molecular complexity index is 764. The van der Waals surface area contributed by atoms with Gasteiger partial charge in [-0.2, -0.15) is 0 Å². The minimum Gasteiger partial charge on any atom is -0.394 e. The summed E-state index contributed by atoms with van der Waals surface area (Å²) in [6, 6.07) is 0. The number of nitrogens with one attached hydrogen (secondary N) is 2. The molecule has 2 rings (SSSR count). The molecule has 4 atom stereocenters. The lowest BCUT2D eigenvalue weighted by atomic mass is 10.1. The third kappa shape index (κ3) is 4.46. The topological polar surface area (TPSA) is 154 Å². The number of H-pyrrole nitrogens is 1. The molecule has 2 heterocycles. The van der Waals surface area contributed by atoms with Gasteiger partial charge in [0.2, 0.25) is 0 Å². The summed E-state index contributed by atoms with van der Waals surface area (Å²) in [4.78, 5) is 38.4. The van der Waals surface area contributed by atoms with E-state index in [0.29, 0.717) is 6.54 Å². The number of ether oxygens (including phenoxy) is 1. The molecule has 1 fully saturated rings. The molecule has 10 heteroatoms. The van der Waals surface area contributed by atoms with Crippen LogP contribution < -0.4 is 16.6 Å². The molecule has 0 amide bonds. The molecule has 10 nitrogen and oxygen atoms in total. The van der Waals surface area contributed by atoms with Crippen molar-refractivity contribution < 1.29 is 24.9 Å². The molecule has 2 unspecified atom stereocenters. The fraction of sp³-hybridized carbons (Fsp3) is 0.688. The Hall–Kier alpha value is -1.85. The maximum atomic E-state index is 12.3. The minimum atomic E-state index is -1.50. The average Bonchev–Trinajstić information content (AvgIpc) is 2.81. The molecule has 146 valence electrons. The van der Waals surface area contributed by atoms with Crippen LogP contribution in [0.25, 0.3) is 0 Å². The Kier molecular flexibility index (Phi) is 6.14. The molecular formula is C16H25N3O7. The van der Waals surface area contributed by atoms with Gasteiger partial charge in [0.1, 0.15) is 18.3 Å². The van der Waals surface area contributed by atoms with Crippen molar-refractivity contribution >= 4 is 5.78 Å². The first-order valence-corrected chi connectivity index (χ1v) is 8.31. The number of Topliss-reactive ketones (excluding diaryl/α,β-unsaturated/α-hetero) is 1. The van der Waals surface area contributed by atoms with E-state index >= 15 is 0 Å². The van der Waals surface area contributed by atoms with Gasteiger partial charge in [0.25, 0.3) is 5.56 Å². The van der Waals surface area contributed by atoms with Gasteiger partial charge < -0.3 is 25.4 Å². The molecule has 0 aliphatic carbocycles. The predicted molar refractivity (Wildman–Crippen MR) is 91.0 cm³/mol. The van der Waals surface area contributed by atoms with E-state index < -0.39 is 48.2 Å². The van der Waals surface area contributed by atoms with Crippen LogP contribution in [0.3, 0.4) is 0 Å². The van der Waals surface area contributed by atoms with E-state index in [1.54, 1.807) is 0 Å². The first-order chi connectivity index (χ1) is 12.0. The predicted octanol–water partition coefficient (Wildman–Crippen LogP) is -1.89. The van der Waals surface area contributed by atoms with Gasteiger partial charge in [-0.1, -0.05) is 0 Å². The average molecular weight is 371 g/mol. The molecule has 5 N–H and O–H groups in total. The molecule has 1 aromatic rings. The van der Waals surface area contributed by atoms with Crippen molar-refractivity contribution in [2.24, 2.45) is 0 Å². The number of hydrogen-bond acceptors (Lipinski definition) is 8. The van der Waals surface area contributed by atoms with Crippen LogP contribution in [0.1, 0.15) is 43.8 Å². The smallest absolute Gasteiger partial charge is 0.330 e. The highest BCUT2D eigenvalue weighted by Gasteiger charge is 2.44. The summed E-state index contributed by atoms with van der Waals surface area (Å²) in [5, 5.41) is 32.1. The Balaban J connectivity index is 2.25. The summed E-state index contributed by atoms with van der Waals surface area (Å²) < 4.78 is 6.11. The Morgan fingerprint density at radius 2 is 1.96 bits per heavy atom. The van der Waals surface area contributed by atoms with Crippen molar-refractivity contribution in [3.63, 3.8) is 0 Å². The number of rotatable bonds is 6. The number of carbonyl (C=O) groups is 1. The second-order valence-corrected chi connectivity index (χ2v) is 7.29. The highest BCUT2D eigenvalue weighted by molar-refractivity contribution is 5.95. The molecule has 0 bridgehead atoms. The minimum absolute atomic E-state index is 0.0362. The van der Waals surface area contributed by atoms with Crippen molar-refractivity contribution in [1.29, 1.82) is 0 Å². The lowest BCUT2D eigenvalue weighted by molar-refractivity contribution is -0.0551. The molecule has 0 spiro atoms. The van der Waals surface area contributed by atoms with Gasteiger partial charge in [-0.3, -0.25) is 19.1 Å². The van der Waals surface area contributed by atoms with Gasteiger partial charge in [0, 0.05) is 24.7 Å². The lowest BCUT2D eigenvalue weighted by Crippen LogP contribution is -2.40. The molecular weight excluding hydrogens is 346 g/mol. The first kappa shape index (κ1) is 20.5. The zero-order chi connectivity index (χ0) is 19.6. The summed E-state index contributed by atoms with van der Waals surface area (Å²) in [5.74, 6) is -0.483. The van der Waals surface area contributed by atoms with Crippen molar-refractivity contribution in [1.82, 2.24) is 14.9 Å². The third-order valence-corrected chi connectivity index (χ3v) is 4.07. The van der Waals surface area contributed by atoms with Crippen LogP contribution in [0.4, 0.5) is 0 Å². The Labute approximate surface area is 149 Å². The van der Waals surface area contributed by atoms with Crippen LogP contribution in [0.5, 0.6) is 0 Å². The van der Waals surface area contributed by atoms with E-state index in [2.05, 4.69) is 5.32 Å². The highest BCUT2D eigenvalue weighted by atomic mass is 16.6. The van der Waals surface area contributed by atoms with E-state index in [-0.39, 0.29) is 17.5 Å². The number of aromatic nitrogens is 2. The van der Waals surface area contributed by atoms with Crippen molar-refractivity contribution in [3.05, 3.63) is 32.6 Å². The van der Waals surface area contributed by atoms with Gasteiger partial charge in [-0.05, 0) is 20.8 Å². The second-order valence-electron chi connectivity index (χ2n) is 7.29. The monoisotopic (exact) mass is 371 g/mol. The quantitative estimate of drug-likeness (QED) is 0.364. The van der Waals surface area contributed by atoms with Crippen LogP contribution in [-0.4, -0.2) is 67.7 Å². The van der Waals surface area contributed by atoms with E-state index in [1.165, 1.54) is 0 Å². The van der Waals surface area contributed by atoms with E-state index in [9.17, 15) is 24.6 Å². The third-order valence-electron chi connectivity index (χ3n) is 4.07. The van der Waals surface area contributed by atoms with Crippen molar-refractivity contribution in [2.45, 2.75) is 57.3 Å². The van der Waals surface area contributed by atoms with E-state index in [4.69, 9.17) is 9.84 Å². The van der Waals surface area contributed by atoms with Crippen LogP contribution in [-0.2, 0) is 4.74 Å². The van der Waals surface area contributed by atoms with Gasteiger partial charge in [-0.25, -0.2) is 4.79 Å². The number of carbonyl (C=O) groups excluding carboxylic acids is 1. The van der Waals surface area contributed by atoms with Crippen LogP contribution in [0.15, 0.2) is 15.8 Å². The zero-order valence-corrected chi connectivity index (χ0v) is 14.9. The maximum absolute atomic E-state index is 12.3. The Morgan fingerprint density at radius 3 is 2.50 bits per heavy atom. The van der Waals surface area contributed by atoms with Gasteiger partial charge in [0.15, 0.2) is 12.0 Å².